The Morgan fingerprint density at radius 3 is 2.60 bits per heavy atom. The van der Waals surface area contributed by atoms with Crippen molar-refractivity contribution in [3.8, 4) is 0 Å². The molecule has 0 N–H and O–H groups in total. The number of piperidine rings is 1. The summed E-state index contributed by atoms with van der Waals surface area (Å²) < 4.78 is 0. The number of rotatable bonds is 3. The van der Waals surface area contributed by atoms with E-state index in [2.05, 4.69) is 59.2 Å². The van der Waals surface area contributed by atoms with Crippen molar-refractivity contribution in [2.24, 2.45) is 0 Å². The van der Waals surface area contributed by atoms with Gasteiger partial charge in [0, 0.05) is 41.7 Å². The van der Waals surface area contributed by atoms with Crippen molar-refractivity contribution in [2.45, 2.75) is 44.7 Å². The molecule has 4 rings (SSSR count). The third-order valence-electron chi connectivity index (χ3n) is 6.05. The highest BCUT2D eigenvalue weighted by molar-refractivity contribution is 7.11. The van der Waals surface area contributed by atoms with Crippen LogP contribution in [-0.4, -0.2) is 41.4 Å². The summed E-state index contributed by atoms with van der Waals surface area (Å²) in [5, 5.41) is 0. The van der Waals surface area contributed by atoms with Crippen LogP contribution < -0.4 is 0 Å². The molecule has 132 valence electrons. The second-order valence-corrected chi connectivity index (χ2v) is 8.87. The van der Waals surface area contributed by atoms with Gasteiger partial charge < -0.3 is 4.90 Å². The second-order valence-electron chi connectivity index (χ2n) is 7.50. The first-order valence-electron chi connectivity index (χ1n) is 9.19. The first-order chi connectivity index (χ1) is 12.1. The number of nitrogens with zero attached hydrogens (tertiary/aromatic N) is 2. The van der Waals surface area contributed by atoms with Crippen LogP contribution in [0.25, 0.3) is 0 Å². The topological polar surface area (TPSA) is 23.6 Å². The minimum Gasteiger partial charge on any atom is -0.338 e. The molecule has 2 atom stereocenters. The molecule has 3 heterocycles. The molecular formula is C21H26N2OS. The van der Waals surface area contributed by atoms with Crippen LogP contribution in [0, 0.1) is 6.92 Å². The molecule has 2 aromatic rings. The number of amides is 1. The number of hydrogen-bond donors (Lipinski definition) is 0. The first kappa shape index (κ1) is 16.8. The van der Waals surface area contributed by atoms with Crippen LogP contribution >= 0.6 is 11.3 Å². The summed E-state index contributed by atoms with van der Waals surface area (Å²) in [6, 6.07) is 15.6. The Morgan fingerprint density at radius 1 is 1.16 bits per heavy atom. The molecule has 1 aromatic carbocycles. The van der Waals surface area contributed by atoms with Crippen LogP contribution in [0.2, 0.25) is 0 Å². The molecule has 4 heteroatoms. The van der Waals surface area contributed by atoms with Crippen LogP contribution in [0.4, 0.5) is 0 Å². The highest BCUT2D eigenvalue weighted by atomic mass is 32.1. The Hall–Kier alpha value is -1.65. The number of carbonyl (C=O) groups excluding carboxylic acids is 1. The molecule has 25 heavy (non-hydrogen) atoms. The van der Waals surface area contributed by atoms with Gasteiger partial charge in [-0.25, -0.2) is 0 Å². The fraction of sp³-hybridized carbons (Fsp3) is 0.476. The van der Waals surface area contributed by atoms with Gasteiger partial charge in [0.1, 0.15) is 0 Å². The molecule has 0 radical (unpaired) electrons. The molecule has 3 nitrogen and oxygen atoms in total. The maximum absolute atomic E-state index is 12.3. The predicted molar refractivity (Wildman–Crippen MR) is 103 cm³/mol. The zero-order valence-electron chi connectivity index (χ0n) is 15.1. The van der Waals surface area contributed by atoms with Crippen molar-refractivity contribution in [1.82, 2.24) is 9.80 Å². The van der Waals surface area contributed by atoms with E-state index in [1.807, 2.05) is 11.3 Å². The van der Waals surface area contributed by atoms with Gasteiger partial charge in [-0.1, -0.05) is 30.3 Å². The molecular weight excluding hydrogens is 328 g/mol. The predicted octanol–water partition coefficient (Wildman–Crippen LogP) is 3.82. The average molecular weight is 355 g/mol. The van der Waals surface area contributed by atoms with Crippen molar-refractivity contribution in [3.63, 3.8) is 0 Å². The third-order valence-corrected chi connectivity index (χ3v) is 7.03. The molecule has 0 unspecified atom stereocenters. The Labute approximate surface area is 154 Å². The van der Waals surface area contributed by atoms with Crippen LogP contribution in [0.5, 0.6) is 0 Å². The van der Waals surface area contributed by atoms with Gasteiger partial charge in [0.25, 0.3) is 0 Å². The highest BCUT2D eigenvalue weighted by Gasteiger charge is 2.51. The zero-order valence-corrected chi connectivity index (χ0v) is 15.9. The van der Waals surface area contributed by atoms with Gasteiger partial charge >= 0.3 is 0 Å². The molecule has 2 aliphatic heterocycles. The zero-order chi connectivity index (χ0) is 17.4. The van der Waals surface area contributed by atoms with Crippen LogP contribution in [0.1, 0.15) is 35.1 Å². The van der Waals surface area contributed by atoms with E-state index in [0.29, 0.717) is 6.04 Å². The second kappa shape index (κ2) is 6.58. The van der Waals surface area contributed by atoms with E-state index in [9.17, 15) is 4.79 Å². The van der Waals surface area contributed by atoms with Crippen LogP contribution in [0.3, 0.4) is 0 Å². The molecule has 2 fully saturated rings. The van der Waals surface area contributed by atoms with Crippen molar-refractivity contribution in [2.75, 3.05) is 19.6 Å². The lowest BCUT2D eigenvalue weighted by Crippen LogP contribution is -2.56. The van der Waals surface area contributed by atoms with E-state index in [4.69, 9.17) is 0 Å². The number of aryl methyl sites for hydroxylation is 1. The number of hydrogen-bond acceptors (Lipinski definition) is 3. The molecule has 0 aliphatic carbocycles. The quantitative estimate of drug-likeness (QED) is 0.836. The number of likely N-dealkylation sites (tertiary alicyclic amines) is 2. The molecule has 2 saturated heterocycles. The maximum atomic E-state index is 12.3. The first-order valence-corrected chi connectivity index (χ1v) is 10.0. The lowest BCUT2D eigenvalue weighted by molar-refractivity contribution is -0.131. The normalized spacial score (nSPS) is 26.6. The Morgan fingerprint density at radius 2 is 1.92 bits per heavy atom. The summed E-state index contributed by atoms with van der Waals surface area (Å²) in [7, 11) is 0. The largest absolute Gasteiger partial charge is 0.338 e. The van der Waals surface area contributed by atoms with Gasteiger partial charge in [-0.3, -0.25) is 9.69 Å². The van der Waals surface area contributed by atoms with Crippen molar-refractivity contribution >= 4 is 17.2 Å². The van der Waals surface area contributed by atoms with Gasteiger partial charge in [-0.2, -0.15) is 0 Å². The van der Waals surface area contributed by atoms with Crippen LogP contribution in [0.15, 0.2) is 42.5 Å². The summed E-state index contributed by atoms with van der Waals surface area (Å²) in [6.07, 6.45) is 2.23. The molecule has 0 saturated carbocycles. The summed E-state index contributed by atoms with van der Waals surface area (Å²) in [4.78, 5) is 19.7. The van der Waals surface area contributed by atoms with Gasteiger partial charge in [0.05, 0.1) is 6.04 Å². The van der Waals surface area contributed by atoms with E-state index < -0.39 is 0 Å². The van der Waals surface area contributed by atoms with Crippen molar-refractivity contribution < 1.29 is 4.79 Å². The standard InChI is InChI=1S/C21H26N2OS/c1-16-8-9-19(25-16)14-22-12-10-21(18-6-4-3-5-7-18)11-13-23(17(2)24)20(21)15-22/h3-9,20H,10-15H2,1-2H3/t20-,21-/m1/s1. The van der Waals surface area contributed by atoms with E-state index in [0.717, 1.165) is 39.0 Å². The van der Waals surface area contributed by atoms with E-state index in [1.54, 1.807) is 6.92 Å². The lowest BCUT2D eigenvalue weighted by Gasteiger charge is -2.46. The third kappa shape index (κ3) is 3.02. The maximum Gasteiger partial charge on any atom is 0.219 e. The van der Waals surface area contributed by atoms with Gasteiger partial charge in [0.2, 0.25) is 5.91 Å². The Kier molecular flexibility index (Phi) is 4.42. The summed E-state index contributed by atoms with van der Waals surface area (Å²) in [5.41, 5.74) is 1.55. The summed E-state index contributed by atoms with van der Waals surface area (Å²) in [5.74, 6) is 0.219. The van der Waals surface area contributed by atoms with Crippen molar-refractivity contribution in [3.05, 3.63) is 57.8 Å². The summed E-state index contributed by atoms with van der Waals surface area (Å²) in [6.45, 7) is 7.87. The number of benzene rings is 1. The fourth-order valence-corrected chi connectivity index (χ4v) is 5.69. The van der Waals surface area contributed by atoms with Gasteiger partial charge in [-0.15, -0.1) is 11.3 Å². The molecule has 1 aromatic heterocycles. The smallest absolute Gasteiger partial charge is 0.219 e. The van der Waals surface area contributed by atoms with Gasteiger partial charge in [0.15, 0.2) is 0 Å². The number of carbonyl (C=O) groups is 1. The fourth-order valence-electron chi connectivity index (χ4n) is 4.76. The van der Waals surface area contributed by atoms with E-state index >= 15 is 0 Å². The van der Waals surface area contributed by atoms with E-state index in [1.165, 1.54) is 15.3 Å². The highest BCUT2D eigenvalue weighted by Crippen LogP contribution is 2.46. The molecule has 0 spiro atoms. The SMILES string of the molecule is CC(=O)N1CC[C@@]2(c3ccccc3)CCN(Cc3ccc(C)s3)C[C@@H]12. The monoisotopic (exact) mass is 354 g/mol. The molecule has 2 aliphatic rings. The lowest BCUT2D eigenvalue weighted by atomic mass is 9.69. The van der Waals surface area contributed by atoms with E-state index in [-0.39, 0.29) is 11.3 Å². The van der Waals surface area contributed by atoms with Gasteiger partial charge in [-0.05, 0) is 44.0 Å². The van der Waals surface area contributed by atoms with Crippen LogP contribution in [-0.2, 0) is 16.8 Å². The minimum atomic E-state index is 0.134. The molecule has 0 bridgehead atoms. The molecule has 1 amide bonds. The minimum absolute atomic E-state index is 0.134. The summed E-state index contributed by atoms with van der Waals surface area (Å²) >= 11 is 1.89. The number of thiophene rings is 1. The average Bonchev–Trinajstić information content (AvgIpc) is 3.20. The van der Waals surface area contributed by atoms with Crippen molar-refractivity contribution in [1.29, 1.82) is 0 Å². The Balaban J connectivity index is 1.60. The number of fused-ring (bicyclic) bond motifs is 1. The Bertz CT molecular complexity index is 756.